The second-order valence-electron chi connectivity index (χ2n) is 6.67. The molecule has 1 heterocycles. The van der Waals surface area contributed by atoms with E-state index in [1.165, 1.54) is 10.4 Å². The second-order valence-corrected chi connectivity index (χ2v) is 9.02. The lowest BCUT2D eigenvalue weighted by atomic mass is 10.1. The highest BCUT2D eigenvalue weighted by molar-refractivity contribution is 7.89. The van der Waals surface area contributed by atoms with Gasteiger partial charge in [0.15, 0.2) is 0 Å². The summed E-state index contributed by atoms with van der Waals surface area (Å²) in [6.45, 7) is 3.18. The normalized spacial score (nSPS) is 15.4. The van der Waals surface area contributed by atoms with Crippen LogP contribution in [0.1, 0.15) is 17.5 Å². The van der Waals surface area contributed by atoms with Crippen LogP contribution in [0.25, 0.3) is 0 Å². The lowest BCUT2D eigenvalue weighted by Gasteiger charge is -2.26. The van der Waals surface area contributed by atoms with Crippen LogP contribution in [0.3, 0.4) is 0 Å². The number of nitrogens with one attached hydrogen (secondary N) is 1. The Balaban J connectivity index is 1.69. The first kappa shape index (κ1) is 20.8. The first-order valence-electron chi connectivity index (χ1n) is 9.09. The number of morpholine rings is 1. The molecule has 2 aromatic rings. The molecule has 150 valence electrons. The summed E-state index contributed by atoms with van der Waals surface area (Å²) in [5.41, 5.74) is 2.08. The van der Waals surface area contributed by atoms with E-state index in [-0.39, 0.29) is 17.2 Å². The van der Waals surface area contributed by atoms with Crippen LogP contribution < -0.4 is 5.32 Å². The number of anilines is 1. The lowest BCUT2D eigenvalue weighted by Crippen LogP contribution is -2.40. The van der Waals surface area contributed by atoms with Crippen molar-refractivity contribution in [2.24, 2.45) is 0 Å². The van der Waals surface area contributed by atoms with E-state index in [2.05, 4.69) is 5.32 Å². The Labute approximate surface area is 170 Å². The number of benzene rings is 2. The summed E-state index contributed by atoms with van der Waals surface area (Å²) >= 11 is 5.96. The van der Waals surface area contributed by atoms with Crippen molar-refractivity contribution < 1.29 is 17.9 Å². The Kier molecular flexibility index (Phi) is 6.72. The maximum atomic E-state index is 12.9. The van der Waals surface area contributed by atoms with E-state index >= 15 is 0 Å². The van der Waals surface area contributed by atoms with Gasteiger partial charge in [-0.2, -0.15) is 4.31 Å². The van der Waals surface area contributed by atoms with Gasteiger partial charge in [0.2, 0.25) is 15.9 Å². The molecule has 1 fully saturated rings. The van der Waals surface area contributed by atoms with Crippen molar-refractivity contribution >= 4 is 33.2 Å². The van der Waals surface area contributed by atoms with Crippen molar-refractivity contribution in [3.8, 4) is 0 Å². The minimum absolute atomic E-state index is 0.182. The largest absolute Gasteiger partial charge is 0.379 e. The minimum Gasteiger partial charge on any atom is -0.379 e. The van der Waals surface area contributed by atoms with E-state index in [9.17, 15) is 13.2 Å². The van der Waals surface area contributed by atoms with Gasteiger partial charge in [-0.1, -0.05) is 29.8 Å². The molecule has 0 atom stereocenters. The molecule has 28 heavy (non-hydrogen) atoms. The summed E-state index contributed by atoms with van der Waals surface area (Å²) in [4.78, 5) is 12.5. The SMILES string of the molecule is Cc1ccc(NC(=O)CCc2cccc(Cl)c2)cc1S(=O)(=O)N1CCOCC1. The number of nitrogens with zero attached hydrogens (tertiary/aromatic N) is 1. The highest BCUT2D eigenvalue weighted by Crippen LogP contribution is 2.24. The number of carbonyl (C=O) groups excluding carboxylic acids is 1. The number of hydrogen-bond acceptors (Lipinski definition) is 4. The number of halogens is 1. The fourth-order valence-corrected chi connectivity index (χ4v) is 4.93. The molecule has 1 N–H and O–H groups in total. The molecule has 0 aromatic heterocycles. The molecule has 1 saturated heterocycles. The van der Waals surface area contributed by atoms with E-state index in [0.717, 1.165) is 5.56 Å². The maximum Gasteiger partial charge on any atom is 0.243 e. The van der Waals surface area contributed by atoms with Crippen LogP contribution >= 0.6 is 11.6 Å². The van der Waals surface area contributed by atoms with Crippen LogP contribution in [0, 0.1) is 6.92 Å². The standard InChI is InChI=1S/C20H23ClN2O4S/c1-15-5-7-18(14-19(15)28(25,26)23-9-11-27-12-10-23)22-20(24)8-6-16-3-2-4-17(21)13-16/h2-5,7,13-14H,6,8-12H2,1H3,(H,22,24). The fraction of sp³-hybridized carbons (Fsp3) is 0.350. The van der Waals surface area contributed by atoms with E-state index in [1.54, 1.807) is 25.1 Å². The van der Waals surface area contributed by atoms with Gasteiger partial charge in [0, 0.05) is 30.2 Å². The number of hydrogen-bond donors (Lipinski definition) is 1. The Morgan fingerprint density at radius 3 is 2.64 bits per heavy atom. The van der Waals surface area contributed by atoms with Crippen molar-refractivity contribution in [2.45, 2.75) is 24.7 Å². The summed E-state index contributed by atoms with van der Waals surface area (Å²) in [5.74, 6) is -0.182. The van der Waals surface area contributed by atoms with Gasteiger partial charge in [0.1, 0.15) is 0 Å². The number of rotatable bonds is 6. The average Bonchev–Trinajstić information content (AvgIpc) is 2.68. The van der Waals surface area contributed by atoms with Crippen molar-refractivity contribution in [1.29, 1.82) is 0 Å². The summed E-state index contributed by atoms with van der Waals surface area (Å²) in [6.07, 6.45) is 0.830. The zero-order valence-corrected chi connectivity index (χ0v) is 17.2. The molecule has 1 aliphatic rings. The number of carbonyl (C=O) groups is 1. The molecular formula is C20H23ClN2O4S. The van der Waals surface area contributed by atoms with Gasteiger partial charge in [-0.3, -0.25) is 4.79 Å². The third-order valence-corrected chi connectivity index (χ3v) is 6.87. The summed E-state index contributed by atoms with van der Waals surface area (Å²) in [5, 5.41) is 3.42. The van der Waals surface area contributed by atoms with Gasteiger partial charge < -0.3 is 10.1 Å². The molecule has 0 radical (unpaired) electrons. The fourth-order valence-electron chi connectivity index (χ4n) is 3.06. The van der Waals surface area contributed by atoms with Gasteiger partial charge in [0.25, 0.3) is 0 Å². The summed E-state index contributed by atoms with van der Waals surface area (Å²) in [6, 6.07) is 12.3. The molecule has 0 bridgehead atoms. The number of aryl methyl sites for hydroxylation is 2. The lowest BCUT2D eigenvalue weighted by molar-refractivity contribution is -0.116. The number of amides is 1. The van der Waals surface area contributed by atoms with E-state index < -0.39 is 10.0 Å². The predicted octanol–water partition coefficient (Wildman–Crippen LogP) is 3.24. The monoisotopic (exact) mass is 422 g/mol. The summed E-state index contributed by atoms with van der Waals surface area (Å²) < 4.78 is 32.5. The van der Waals surface area contributed by atoms with Crippen LogP contribution in [0.5, 0.6) is 0 Å². The van der Waals surface area contributed by atoms with Crippen molar-refractivity contribution in [3.63, 3.8) is 0 Å². The Hall–Kier alpha value is -1.93. The average molecular weight is 423 g/mol. The molecule has 1 aliphatic heterocycles. The van der Waals surface area contributed by atoms with Crippen LogP contribution in [0.2, 0.25) is 5.02 Å². The first-order chi connectivity index (χ1) is 13.4. The Morgan fingerprint density at radius 1 is 1.18 bits per heavy atom. The summed E-state index contributed by atoms with van der Waals surface area (Å²) in [7, 11) is -3.62. The van der Waals surface area contributed by atoms with Gasteiger partial charge in [-0.15, -0.1) is 0 Å². The van der Waals surface area contributed by atoms with Crippen molar-refractivity contribution in [1.82, 2.24) is 4.31 Å². The zero-order chi connectivity index (χ0) is 20.1. The second kappa shape index (κ2) is 9.05. The van der Waals surface area contributed by atoms with Gasteiger partial charge >= 0.3 is 0 Å². The number of ether oxygens (including phenoxy) is 1. The van der Waals surface area contributed by atoms with Crippen LogP contribution in [0.4, 0.5) is 5.69 Å². The number of sulfonamides is 1. The molecule has 0 aliphatic carbocycles. The Bertz CT molecular complexity index is 956. The third kappa shape index (κ3) is 5.11. The predicted molar refractivity (Wildman–Crippen MR) is 109 cm³/mol. The highest BCUT2D eigenvalue weighted by atomic mass is 35.5. The molecular weight excluding hydrogens is 400 g/mol. The van der Waals surface area contributed by atoms with Gasteiger partial charge in [0.05, 0.1) is 18.1 Å². The molecule has 3 rings (SSSR count). The van der Waals surface area contributed by atoms with Gasteiger partial charge in [-0.25, -0.2) is 8.42 Å². The minimum atomic E-state index is -3.62. The maximum absolute atomic E-state index is 12.9. The zero-order valence-electron chi connectivity index (χ0n) is 15.7. The third-order valence-electron chi connectivity index (χ3n) is 4.59. The smallest absolute Gasteiger partial charge is 0.243 e. The van der Waals surface area contributed by atoms with E-state index in [0.29, 0.717) is 49.0 Å². The molecule has 2 aromatic carbocycles. The molecule has 1 amide bonds. The van der Waals surface area contributed by atoms with Crippen molar-refractivity contribution in [2.75, 3.05) is 31.6 Å². The topological polar surface area (TPSA) is 75.7 Å². The van der Waals surface area contributed by atoms with Gasteiger partial charge in [-0.05, 0) is 48.7 Å². The van der Waals surface area contributed by atoms with Crippen LogP contribution in [-0.4, -0.2) is 44.9 Å². The molecule has 6 nitrogen and oxygen atoms in total. The highest BCUT2D eigenvalue weighted by Gasteiger charge is 2.28. The van der Waals surface area contributed by atoms with E-state index in [4.69, 9.17) is 16.3 Å². The molecule has 8 heteroatoms. The molecule has 0 unspecified atom stereocenters. The Morgan fingerprint density at radius 2 is 1.93 bits per heavy atom. The van der Waals surface area contributed by atoms with Crippen LogP contribution in [0.15, 0.2) is 47.4 Å². The quantitative estimate of drug-likeness (QED) is 0.775. The first-order valence-corrected chi connectivity index (χ1v) is 10.9. The van der Waals surface area contributed by atoms with Crippen LogP contribution in [-0.2, 0) is 26.0 Å². The van der Waals surface area contributed by atoms with Crippen molar-refractivity contribution in [3.05, 3.63) is 58.6 Å². The van der Waals surface area contributed by atoms with E-state index in [1.807, 2.05) is 18.2 Å². The molecule has 0 saturated carbocycles. The molecule has 0 spiro atoms.